The molecule has 0 heterocycles. The largest absolute Gasteiger partial charge is 0.269 e. The zero-order valence-electron chi connectivity index (χ0n) is 26.5. The van der Waals surface area contributed by atoms with Gasteiger partial charge in [0.15, 0.2) is 0 Å². The lowest BCUT2D eigenvalue weighted by atomic mass is 10.2. The molecule has 3 rings (SSSR count). The van der Waals surface area contributed by atoms with E-state index >= 15 is 0 Å². The Kier molecular flexibility index (Phi) is 12.7. The summed E-state index contributed by atoms with van der Waals surface area (Å²) in [6, 6.07) is 18.5. The molecule has 254 valence electrons. The molecule has 16 heteroatoms. The van der Waals surface area contributed by atoms with Crippen LogP contribution in [0.25, 0.3) is 0 Å². The van der Waals surface area contributed by atoms with Gasteiger partial charge in [0.1, 0.15) is 0 Å². The highest BCUT2D eigenvalue weighted by Crippen LogP contribution is 2.21. The molecule has 46 heavy (non-hydrogen) atoms. The average molecular weight is 716 g/mol. The zero-order chi connectivity index (χ0) is 34.3. The van der Waals surface area contributed by atoms with E-state index in [0.717, 1.165) is 35.9 Å². The van der Waals surface area contributed by atoms with E-state index in [-0.39, 0.29) is 54.0 Å². The van der Waals surface area contributed by atoms with Gasteiger partial charge >= 0.3 is 0 Å². The van der Waals surface area contributed by atoms with Crippen molar-refractivity contribution in [1.82, 2.24) is 12.9 Å². The highest BCUT2D eigenvalue weighted by molar-refractivity contribution is 7.90. The van der Waals surface area contributed by atoms with Crippen molar-refractivity contribution in [1.29, 1.82) is 0 Å². The van der Waals surface area contributed by atoms with Crippen LogP contribution in [0.4, 0.5) is 0 Å². The standard InChI is InChI=1S/C30H41N3O9S4/c1-6-31(44(36,37)28-13-7-25(2)8-14-28)19-20-32(45(38,39)29-15-9-26(3)10-16-29)21-22-33(23-24-42-43(5,34)35)46(40,41)30-17-11-27(4)12-18-30/h7-18H,6,19-24H2,1-5H3. The number of sulfonamides is 3. The first-order chi connectivity index (χ1) is 21.4. The van der Waals surface area contributed by atoms with Crippen LogP contribution in [0.15, 0.2) is 87.5 Å². The third-order valence-electron chi connectivity index (χ3n) is 7.16. The number of aryl methyl sites for hydroxylation is 3. The quantitative estimate of drug-likeness (QED) is 0.192. The average Bonchev–Trinajstić information content (AvgIpc) is 2.97. The third kappa shape index (κ3) is 9.90. The van der Waals surface area contributed by atoms with Crippen molar-refractivity contribution < 1.29 is 37.9 Å². The van der Waals surface area contributed by atoms with Crippen LogP contribution in [0.1, 0.15) is 23.6 Å². The van der Waals surface area contributed by atoms with E-state index in [1.165, 1.54) is 36.4 Å². The summed E-state index contributed by atoms with van der Waals surface area (Å²) in [5, 5.41) is 0. The van der Waals surface area contributed by atoms with E-state index in [4.69, 9.17) is 4.18 Å². The lowest BCUT2D eigenvalue weighted by Gasteiger charge is -2.29. The van der Waals surface area contributed by atoms with Gasteiger partial charge in [0.25, 0.3) is 10.1 Å². The van der Waals surface area contributed by atoms with Crippen LogP contribution in [-0.2, 0) is 44.4 Å². The highest BCUT2D eigenvalue weighted by Gasteiger charge is 2.31. The lowest BCUT2D eigenvalue weighted by molar-refractivity contribution is 0.265. The molecule has 0 amide bonds. The van der Waals surface area contributed by atoms with Gasteiger partial charge < -0.3 is 0 Å². The SMILES string of the molecule is CCN(CCN(CCN(CCOS(C)(=O)=O)S(=O)(=O)c1ccc(C)cc1)S(=O)(=O)c1ccc(C)cc1)S(=O)(=O)c1ccc(C)cc1. The summed E-state index contributed by atoms with van der Waals surface area (Å²) >= 11 is 0. The van der Waals surface area contributed by atoms with Crippen LogP contribution in [0.5, 0.6) is 0 Å². The van der Waals surface area contributed by atoms with Crippen molar-refractivity contribution in [3.8, 4) is 0 Å². The minimum absolute atomic E-state index is 0.0455. The second kappa shape index (κ2) is 15.5. The molecule has 0 unspecified atom stereocenters. The molecule has 3 aromatic rings. The van der Waals surface area contributed by atoms with Gasteiger partial charge in [-0.3, -0.25) is 4.18 Å². The first-order valence-corrected chi connectivity index (χ1v) is 20.6. The minimum Gasteiger partial charge on any atom is -0.269 e. The highest BCUT2D eigenvalue weighted by atomic mass is 32.2. The van der Waals surface area contributed by atoms with E-state index in [9.17, 15) is 33.7 Å². The molecule has 0 aliphatic heterocycles. The van der Waals surface area contributed by atoms with Gasteiger partial charge in [-0.05, 0) is 57.2 Å². The summed E-state index contributed by atoms with van der Waals surface area (Å²) < 4.78 is 113. The molecule has 0 saturated carbocycles. The Labute approximate surface area is 273 Å². The number of likely N-dealkylation sites (N-methyl/N-ethyl adjacent to an activating group) is 1. The van der Waals surface area contributed by atoms with Crippen molar-refractivity contribution >= 4 is 40.2 Å². The first kappa shape index (κ1) is 37.8. The van der Waals surface area contributed by atoms with Gasteiger partial charge in [-0.1, -0.05) is 60.0 Å². The van der Waals surface area contributed by atoms with Crippen LogP contribution in [0.3, 0.4) is 0 Å². The molecule has 0 aromatic heterocycles. The smallest absolute Gasteiger partial charge is 0.264 e. The predicted molar refractivity (Wildman–Crippen MR) is 176 cm³/mol. The summed E-state index contributed by atoms with van der Waals surface area (Å²) in [4.78, 5) is -0.0447. The molecule has 3 aromatic carbocycles. The molecule has 0 radical (unpaired) electrons. The van der Waals surface area contributed by atoms with Crippen LogP contribution < -0.4 is 0 Å². The molecular formula is C30H41N3O9S4. The monoisotopic (exact) mass is 715 g/mol. The number of hydrogen-bond donors (Lipinski definition) is 0. The fraction of sp³-hybridized carbons (Fsp3) is 0.400. The molecule has 0 atom stereocenters. The maximum Gasteiger partial charge on any atom is 0.264 e. The number of rotatable bonds is 17. The summed E-state index contributed by atoms with van der Waals surface area (Å²) in [6.45, 7) is 5.03. The Bertz CT molecular complexity index is 1900. The van der Waals surface area contributed by atoms with Crippen molar-refractivity contribution in [2.24, 2.45) is 0 Å². The van der Waals surface area contributed by atoms with E-state index in [1.54, 1.807) is 57.2 Å². The van der Waals surface area contributed by atoms with Gasteiger partial charge in [0.2, 0.25) is 30.1 Å². The molecular weight excluding hydrogens is 675 g/mol. The van der Waals surface area contributed by atoms with Crippen LogP contribution in [0.2, 0.25) is 0 Å². The van der Waals surface area contributed by atoms with E-state index < -0.39 is 46.8 Å². The number of nitrogens with zero attached hydrogens (tertiary/aromatic N) is 3. The van der Waals surface area contributed by atoms with E-state index in [2.05, 4.69) is 0 Å². The van der Waals surface area contributed by atoms with Gasteiger partial charge in [0.05, 0.1) is 27.5 Å². The minimum atomic E-state index is -4.23. The molecule has 0 fully saturated rings. The molecule has 0 aliphatic rings. The summed E-state index contributed by atoms with van der Waals surface area (Å²) in [5.41, 5.74) is 2.53. The fourth-order valence-corrected chi connectivity index (χ4v) is 9.12. The van der Waals surface area contributed by atoms with E-state index in [0.29, 0.717) is 0 Å². The van der Waals surface area contributed by atoms with Crippen molar-refractivity contribution in [3.63, 3.8) is 0 Å². The van der Waals surface area contributed by atoms with Gasteiger partial charge in [-0.25, -0.2) is 25.3 Å². The normalized spacial score (nSPS) is 13.1. The molecule has 0 N–H and O–H groups in total. The topological polar surface area (TPSA) is 156 Å². The fourth-order valence-electron chi connectivity index (χ4n) is 4.47. The van der Waals surface area contributed by atoms with Gasteiger partial charge in [-0.2, -0.15) is 21.3 Å². The van der Waals surface area contributed by atoms with E-state index in [1.807, 2.05) is 6.92 Å². The summed E-state index contributed by atoms with van der Waals surface area (Å²) in [7, 11) is -16.3. The summed E-state index contributed by atoms with van der Waals surface area (Å²) in [5.74, 6) is 0. The third-order valence-corrected chi connectivity index (χ3v) is 13.6. The maximum absolute atomic E-state index is 13.9. The van der Waals surface area contributed by atoms with Crippen LogP contribution >= 0.6 is 0 Å². The van der Waals surface area contributed by atoms with Crippen molar-refractivity contribution in [2.45, 2.75) is 42.4 Å². The second-order valence-corrected chi connectivity index (χ2v) is 18.2. The molecule has 12 nitrogen and oxygen atoms in total. The molecule has 0 aliphatic carbocycles. The maximum atomic E-state index is 13.9. The van der Waals surface area contributed by atoms with Crippen molar-refractivity contribution in [2.75, 3.05) is 52.1 Å². The van der Waals surface area contributed by atoms with Crippen molar-refractivity contribution in [3.05, 3.63) is 89.5 Å². The Morgan fingerprint density at radius 2 is 0.761 bits per heavy atom. The molecule has 0 bridgehead atoms. The Balaban J connectivity index is 1.96. The van der Waals surface area contributed by atoms with Gasteiger partial charge in [-0.15, -0.1) is 0 Å². The Morgan fingerprint density at radius 3 is 1.07 bits per heavy atom. The first-order valence-electron chi connectivity index (χ1n) is 14.4. The lowest BCUT2D eigenvalue weighted by Crippen LogP contribution is -2.45. The Hall–Kier alpha value is -2.70. The predicted octanol–water partition coefficient (Wildman–Crippen LogP) is 2.98. The second-order valence-electron chi connectivity index (χ2n) is 10.8. The summed E-state index contributed by atoms with van der Waals surface area (Å²) in [6.07, 6.45) is 0.839. The zero-order valence-corrected chi connectivity index (χ0v) is 29.8. The van der Waals surface area contributed by atoms with Crippen LogP contribution in [-0.4, -0.2) is 98.7 Å². The number of benzene rings is 3. The Morgan fingerprint density at radius 1 is 0.478 bits per heavy atom. The number of hydrogen-bond acceptors (Lipinski definition) is 9. The van der Waals surface area contributed by atoms with Crippen LogP contribution in [0, 0.1) is 20.8 Å². The molecule has 0 saturated heterocycles. The van der Waals surface area contributed by atoms with Gasteiger partial charge in [0, 0.05) is 39.3 Å². The molecule has 0 spiro atoms.